The van der Waals surface area contributed by atoms with Crippen molar-refractivity contribution in [2.45, 2.75) is 18.2 Å². The summed E-state index contributed by atoms with van der Waals surface area (Å²) in [7, 11) is -0.995. The third-order valence-corrected chi connectivity index (χ3v) is 7.59. The molecule has 186 valence electrons. The zero-order valence-corrected chi connectivity index (χ0v) is 21.9. The molecule has 0 aliphatic rings. The van der Waals surface area contributed by atoms with Gasteiger partial charge in [0.05, 0.1) is 29.8 Å². The SMILES string of the molecule is COc1ccc(CCNC(=O)CN(c2cc(Cl)ccc2Cl)S(=O)(=O)c2ccc(C)cc2)cc1OC. The number of nitrogens with one attached hydrogen (secondary N) is 1. The Balaban J connectivity index is 1.79. The number of aryl methyl sites for hydroxylation is 1. The summed E-state index contributed by atoms with van der Waals surface area (Å²) in [6.45, 7) is 1.67. The molecule has 0 saturated carbocycles. The molecular weight excluding hydrogens is 511 g/mol. The summed E-state index contributed by atoms with van der Waals surface area (Å²) in [4.78, 5) is 12.9. The maximum Gasteiger partial charge on any atom is 0.264 e. The van der Waals surface area contributed by atoms with Gasteiger partial charge in [0.1, 0.15) is 6.54 Å². The first kappa shape index (κ1) is 26.7. The first-order valence-corrected chi connectivity index (χ1v) is 12.9. The molecule has 1 N–H and O–H groups in total. The van der Waals surface area contributed by atoms with Crippen LogP contribution in [0.25, 0.3) is 0 Å². The number of rotatable bonds is 10. The van der Waals surface area contributed by atoms with E-state index in [1.807, 2.05) is 19.1 Å². The molecule has 0 aromatic heterocycles. The van der Waals surface area contributed by atoms with Crippen molar-refractivity contribution in [2.24, 2.45) is 0 Å². The van der Waals surface area contributed by atoms with Crippen LogP contribution in [0.15, 0.2) is 65.6 Å². The molecule has 3 aromatic carbocycles. The Morgan fingerprint density at radius 1 is 0.943 bits per heavy atom. The van der Waals surface area contributed by atoms with Crippen LogP contribution in [-0.2, 0) is 21.2 Å². The summed E-state index contributed by atoms with van der Waals surface area (Å²) in [5, 5.41) is 3.22. The minimum atomic E-state index is -4.10. The standard InChI is InChI=1S/C25H26Cl2N2O5S/c1-17-4-8-20(9-5-17)35(31,32)29(22-15-19(26)7-10-21(22)27)16-25(30)28-13-12-18-6-11-23(33-2)24(14-18)34-3/h4-11,14-15H,12-13,16H2,1-3H3,(H,28,30). The van der Waals surface area contributed by atoms with Crippen molar-refractivity contribution in [1.29, 1.82) is 0 Å². The Morgan fingerprint density at radius 3 is 2.29 bits per heavy atom. The van der Waals surface area contributed by atoms with Gasteiger partial charge in [0.15, 0.2) is 11.5 Å². The van der Waals surface area contributed by atoms with Crippen molar-refractivity contribution in [3.8, 4) is 11.5 Å². The van der Waals surface area contributed by atoms with E-state index in [4.69, 9.17) is 32.7 Å². The number of nitrogens with zero attached hydrogens (tertiary/aromatic N) is 1. The molecule has 3 rings (SSSR count). The first-order valence-electron chi connectivity index (χ1n) is 10.7. The lowest BCUT2D eigenvalue weighted by Crippen LogP contribution is -2.41. The number of methoxy groups -OCH3 is 2. The average molecular weight is 537 g/mol. The van der Waals surface area contributed by atoms with E-state index in [1.165, 1.54) is 24.3 Å². The van der Waals surface area contributed by atoms with Gasteiger partial charge in [-0.3, -0.25) is 9.10 Å². The number of carbonyl (C=O) groups excluding carboxylic acids is 1. The summed E-state index contributed by atoms with van der Waals surface area (Å²) >= 11 is 12.4. The van der Waals surface area contributed by atoms with Gasteiger partial charge in [0, 0.05) is 11.6 Å². The second-order valence-corrected chi connectivity index (χ2v) is 10.4. The molecular formula is C25H26Cl2N2O5S. The van der Waals surface area contributed by atoms with Crippen LogP contribution in [0.5, 0.6) is 11.5 Å². The summed E-state index contributed by atoms with van der Waals surface area (Å²) in [6.07, 6.45) is 0.509. The van der Waals surface area contributed by atoms with Gasteiger partial charge >= 0.3 is 0 Å². The molecule has 0 fully saturated rings. The monoisotopic (exact) mass is 536 g/mol. The van der Waals surface area contributed by atoms with Crippen LogP contribution in [0.2, 0.25) is 10.0 Å². The van der Waals surface area contributed by atoms with Crippen LogP contribution in [0.3, 0.4) is 0 Å². The number of amides is 1. The van der Waals surface area contributed by atoms with E-state index in [1.54, 1.807) is 38.5 Å². The van der Waals surface area contributed by atoms with Crippen molar-refractivity contribution >= 4 is 44.8 Å². The molecule has 1 amide bonds. The number of hydrogen-bond acceptors (Lipinski definition) is 5. The van der Waals surface area contributed by atoms with E-state index >= 15 is 0 Å². The number of sulfonamides is 1. The molecule has 0 saturated heterocycles. The highest BCUT2D eigenvalue weighted by Gasteiger charge is 2.29. The zero-order valence-electron chi connectivity index (χ0n) is 19.5. The van der Waals surface area contributed by atoms with Crippen molar-refractivity contribution < 1.29 is 22.7 Å². The van der Waals surface area contributed by atoms with Gasteiger partial charge in [-0.2, -0.15) is 0 Å². The van der Waals surface area contributed by atoms with Crippen LogP contribution >= 0.6 is 23.2 Å². The average Bonchev–Trinajstić information content (AvgIpc) is 2.84. The number of benzene rings is 3. The molecule has 0 unspecified atom stereocenters. The summed E-state index contributed by atoms with van der Waals surface area (Å²) in [6, 6.07) is 16.3. The number of anilines is 1. The van der Waals surface area contributed by atoms with Crippen LogP contribution in [0.1, 0.15) is 11.1 Å². The van der Waals surface area contributed by atoms with E-state index in [0.29, 0.717) is 22.9 Å². The van der Waals surface area contributed by atoms with Gasteiger partial charge < -0.3 is 14.8 Å². The largest absolute Gasteiger partial charge is 0.493 e. The highest BCUT2D eigenvalue weighted by Crippen LogP contribution is 2.33. The molecule has 0 spiro atoms. The summed E-state index contributed by atoms with van der Waals surface area (Å²) in [5.74, 6) is 0.704. The smallest absolute Gasteiger partial charge is 0.264 e. The maximum atomic E-state index is 13.5. The van der Waals surface area contributed by atoms with Gasteiger partial charge in [-0.1, -0.05) is 47.0 Å². The molecule has 0 bridgehead atoms. The Hall–Kier alpha value is -2.94. The van der Waals surface area contributed by atoms with E-state index in [9.17, 15) is 13.2 Å². The quantitative estimate of drug-likeness (QED) is 0.399. The summed E-state index contributed by atoms with van der Waals surface area (Å²) in [5.41, 5.74) is 1.95. The van der Waals surface area contributed by atoms with E-state index in [2.05, 4.69) is 5.32 Å². The number of ether oxygens (including phenoxy) is 2. The topological polar surface area (TPSA) is 84.9 Å². The minimum Gasteiger partial charge on any atom is -0.493 e. The van der Waals surface area contributed by atoms with Crippen molar-refractivity contribution in [3.63, 3.8) is 0 Å². The van der Waals surface area contributed by atoms with E-state index in [-0.39, 0.29) is 22.2 Å². The predicted octanol–water partition coefficient (Wildman–Crippen LogP) is 4.87. The van der Waals surface area contributed by atoms with Crippen molar-refractivity contribution in [2.75, 3.05) is 31.6 Å². The fourth-order valence-corrected chi connectivity index (χ4v) is 5.25. The lowest BCUT2D eigenvalue weighted by Gasteiger charge is -2.25. The third-order valence-electron chi connectivity index (χ3n) is 5.26. The summed E-state index contributed by atoms with van der Waals surface area (Å²) < 4.78 is 38.5. The van der Waals surface area contributed by atoms with Crippen molar-refractivity contribution in [1.82, 2.24) is 5.32 Å². The lowest BCUT2D eigenvalue weighted by atomic mass is 10.1. The number of carbonyl (C=O) groups is 1. The Bertz CT molecular complexity index is 1300. The van der Waals surface area contributed by atoms with Crippen LogP contribution in [-0.4, -0.2) is 41.6 Å². The lowest BCUT2D eigenvalue weighted by molar-refractivity contribution is -0.119. The van der Waals surface area contributed by atoms with Crippen LogP contribution < -0.4 is 19.1 Å². The second-order valence-electron chi connectivity index (χ2n) is 7.71. The highest BCUT2D eigenvalue weighted by molar-refractivity contribution is 7.92. The predicted molar refractivity (Wildman–Crippen MR) is 138 cm³/mol. The molecule has 35 heavy (non-hydrogen) atoms. The third kappa shape index (κ3) is 6.60. The number of hydrogen-bond donors (Lipinski definition) is 1. The van der Waals surface area contributed by atoms with Gasteiger partial charge in [-0.15, -0.1) is 0 Å². The fourth-order valence-electron chi connectivity index (χ4n) is 3.38. The minimum absolute atomic E-state index is 0.0391. The Labute approximate surface area is 215 Å². The molecule has 0 heterocycles. The molecule has 0 radical (unpaired) electrons. The fraction of sp³-hybridized carbons (Fsp3) is 0.240. The Kier molecular flexibility index (Phi) is 8.88. The second kappa shape index (κ2) is 11.7. The molecule has 0 aliphatic heterocycles. The molecule has 7 nitrogen and oxygen atoms in total. The molecule has 3 aromatic rings. The van der Waals surface area contributed by atoms with Crippen LogP contribution in [0, 0.1) is 6.92 Å². The van der Waals surface area contributed by atoms with Crippen LogP contribution in [0.4, 0.5) is 5.69 Å². The Morgan fingerprint density at radius 2 is 1.63 bits per heavy atom. The van der Waals surface area contributed by atoms with Gasteiger partial charge in [-0.05, 0) is 61.4 Å². The normalized spacial score (nSPS) is 11.1. The number of halogens is 2. The van der Waals surface area contributed by atoms with Gasteiger partial charge in [0.2, 0.25) is 5.91 Å². The first-order chi connectivity index (χ1) is 16.6. The maximum absolute atomic E-state index is 13.5. The zero-order chi connectivity index (χ0) is 25.6. The van der Waals surface area contributed by atoms with E-state index in [0.717, 1.165) is 15.4 Å². The molecule has 10 heteroatoms. The molecule has 0 aliphatic carbocycles. The van der Waals surface area contributed by atoms with E-state index < -0.39 is 22.5 Å². The van der Waals surface area contributed by atoms with Gasteiger partial charge in [0.25, 0.3) is 10.0 Å². The molecule has 0 atom stereocenters. The van der Waals surface area contributed by atoms with Crippen molar-refractivity contribution in [3.05, 3.63) is 81.8 Å². The highest BCUT2D eigenvalue weighted by atomic mass is 35.5. The van der Waals surface area contributed by atoms with Gasteiger partial charge in [-0.25, -0.2) is 8.42 Å².